The molecule has 2 rings (SSSR count). The van der Waals surface area contributed by atoms with Gasteiger partial charge in [0.25, 0.3) is 0 Å². The lowest BCUT2D eigenvalue weighted by molar-refractivity contribution is -0.146. The van der Waals surface area contributed by atoms with Gasteiger partial charge in [0.1, 0.15) is 0 Å². The van der Waals surface area contributed by atoms with E-state index in [9.17, 15) is 9.59 Å². The molecule has 1 aromatic carbocycles. The van der Waals surface area contributed by atoms with E-state index < -0.39 is 5.97 Å². The molecule has 1 saturated carbocycles. The number of ether oxygens (including phenoxy) is 1. The molecular formula is C17H23NO4. The Morgan fingerprint density at radius 1 is 1.27 bits per heavy atom. The van der Waals surface area contributed by atoms with Gasteiger partial charge in [0.2, 0.25) is 0 Å². The average molecular weight is 305 g/mol. The van der Waals surface area contributed by atoms with Crippen molar-refractivity contribution in [2.24, 2.45) is 5.92 Å². The number of benzene rings is 1. The van der Waals surface area contributed by atoms with Crippen LogP contribution in [0.15, 0.2) is 24.3 Å². The molecule has 0 aliphatic heterocycles. The third-order valence-electron chi connectivity index (χ3n) is 4.26. The Labute approximate surface area is 130 Å². The number of methoxy groups -OCH3 is 1. The molecule has 5 heteroatoms. The molecule has 22 heavy (non-hydrogen) atoms. The minimum absolute atomic E-state index is 0.0865. The molecule has 0 bridgehead atoms. The van der Waals surface area contributed by atoms with Crippen molar-refractivity contribution in [2.45, 2.75) is 44.7 Å². The van der Waals surface area contributed by atoms with Gasteiger partial charge in [0.05, 0.1) is 18.6 Å². The number of hydrogen-bond acceptors (Lipinski definition) is 4. The largest absolute Gasteiger partial charge is 0.478 e. The summed E-state index contributed by atoms with van der Waals surface area (Å²) in [5.41, 5.74) is 1.19. The number of carbonyl (C=O) groups is 2. The molecule has 120 valence electrons. The van der Waals surface area contributed by atoms with Gasteiger partial charge in [-0.15, -0.1) is 0 Å². The van der Waals surface area contributed by atoms with Gasteiger partial charge in [-0.25, -0.2) is 4.79 Å². The van der Waals surface area contributed by atoms with E-state index in [-0.39, 0.29) is 23.5 Å². The van der Waals surface area contributed by atoms with Gasteiger partial charge in [0, 0.05) is 12.6 Å². The van der Waals surface area contributed by atoms with Crippen LogP contribution in [0.25, 0.3) is 0 Å². The second-order valence-electron chi connectivity index (χ2n) is 5.76. The number of aromatic carboxylic acids is 1. The van der Waals surface area contributed by atoms with Crippen LogP contribution < -0.4 is 5.32 Å². The average Bonchev–Trinajstić information content (AvgIpc) is 2.77. The minimum Gasteiger partial charge on any atom is -0.478 e. The monoisotopic (exact) mass is 305 g/mol. The van der Waals surface area contributed by atoms with E-state index in [0.717, 1.165) is 37.7 Å². The molecule has 2 N–H and O–H groups in total. The predicted molar refractivity (Wildman–Crippen MR) is 82.6 cm³/mol. The van der Waals surface area contributed by atoms with Crippen molar-refractivity contribution in [1.29, 1.82) is 0 Å². The summed E-state index contributed by atoms with van der Waals surface area (Å²) in [5, 5.41) is 12.4. The molecule has 0 spiro atoms. The molecule has 0 unspecified atom stereocenters. The van der Waals surface area contributed by atoms with Crippen LogP contribution in [0, 0.1) is 5.92 Å². The summed E-state index contributed by atoms with van der Waals surface area (Å²) in [6, 6.07) is 6.96. The zero-order valence-electron chi connectivity index (χ0n) is 12.9. The van der Waals surface area contributed by atoms with Gasteiger partial charge in [-0.05, 0) is 30.5 Å². The highest BCUT2D eigenvalue weighted by Crippen LogP contribution is 2.25. The van der Waals surface area contributed by atoms with Crippen LogP contribution in [-0.4, -0.2) is 30.2 Å². The van der Waals surface area contributed by atoms with Crippen molar-refractivity contribution in [1.82, 2.24) is 5.32 Å². The second kappa shape index (κ2) is 7.94. The van der Waals surface area contributed by atoms with Crippen molar-refractivity contribution in [3.05, 3.63) is 35.4 Å². The summed E-state index contributed by atoms with van der Waals surface area (Å²) < 4.78 is 4.92. The number of nitrogens with one attached hydrogen (secondary N) is 1. The molecule has 1 fully saturated rings. The Hall–Kier alpha value is -1.88. The van der Waals surface area contributed by atoms with Crippen LogP contribution >= 0.6 is 0 Å². The van der Waals surface area contributed by atoms with Crippen molar-refractivity contribution in [3.63, 3.8) is 0 Å². The van der Waals surface area contributed by atoms with Crippen LogP contribution in [-0.2, 0) is 16.1 Å². The van der Waals surface area contributed by atoms with E-state index in [1.807, 2.05) is 6.07 Å². The predicted octanol–water partition coefficient (Wildman–Crippen LogP) is 2.60. The summed E-state index contributed by atoms with van der Waals surface area (Å²) >= 11 is 0. The lowest BCUT2D eigenvalue weighted by Gasteiger charge is -2.24. The summed E-state index contributed by atoms with van der Waals surface area (Å²) in [6.45, 7) is 0.555. The Morgan fingerprint density at radius 3 is 2.77 bits per heavy atom. The Kier molecular flexibility index (Phi) is 5.95. The van der Waals surface area contributed by atoms with E-state index in [1.54, 1.807) is 18.2 Å². The fourth-order valence-corrected chi connectivity index (χ4v) is 3.05. The van der Waals surface area contributed by atoms with Crippen molar-refractivity contribution in [3.8, 4) is 0 Å². The maximum Gasteiger partial charge on any atom is 0.335 e. The number of esters is 1. The standard InChI is InChI=1S/C17H23NO4/c1-22-17(21)14-8-3-2-4-9-15(14)18-11-12-6-5-7-13(10-12)16(19)20/h5-7,10,14-15,18H,2-4,8-9,11H2,1H3,(H,19,20)/t14-,15+/m1/s1. The molecule has 2 atom stereocenters. The molecule has 1 aliphatic carbocycles. The second-order valence-corrected chi connectivity index (χ2v) is 5.76. The zero-order valence-corrected chi connectivity index (χ0v) is 12.9. The normalized spacial score (nSPS) is 21.9. The Morgan fingerprint density at radius 2 is 2.05 bits per heavy atom. The highest BCUT2D eigenvalue weighted by molar-refractivity contribution is 5.87. The van der Waals surface area contributed by atoms with E-state index in [2.05, 4.69) is 5.32 Å². The summed E-state index contributed by atoms with van der Waals surface area (Å²) in [4.78, 5) is 22.9. The number of hydrogen-bond donors (Lipinski definition) is 2. The summed E-state index contributed by atoms with van der Waals surface area (Å²) in [6.07, 6.45) is 5.07. The van der Waals surface area contributed by atoms with E-state index >= 15 is 0 Å². The molecule has 0 saturated heterocycles. The lowest BCUT2D eigenvalue weighted by Crippen LogP contribution is -2.39. The Balaban J connectivity index is 2.02. The first-order chi connectivity index (χ1) is 10.6. The molecule has 1 aromatic rings. The minimum atomic E-state index is -0.927. The third-order valence-corrected chi connectivity index (χ3v) is 4.26. The van der Waals surface area contributed by atoms with Crippen LogP contribution in [0.4, 0.5) is 0 Å². The number of carboxylic acids is 1. The smallest absolute Gasteiger partial charge is 0.335 e. The van der Waals surface area contributed by atoms with Gasteiger partial charge in [-0.2, -0.15) is 0 Å². The van der Waals surface area contributed by atoms with Crippen molar-refractivity contribution >= 4 is 11.9 Å². The highest BCUT2D eigenvalue weighted by Gasteiger charge is 2.30. The van der Waals surface area contributed by atoms with Crippen LogP contribution in [0.2, 0.25) is 0 Å². The maximum atomic E-state index is 11.9. The fraction of sp³-hybridized carbons (Fsp3) is 0.529. The third kappa shape index (κ3) is 4.31. The van der Waals surface area contributed by atoms with Crippen LogP contribution in [0.5, 0.6) is 0 Å². The van der Waals surface area contributed by atoms with Gasteiger partial charge in [0.15, 0.2) is 0 Å². The molecule has 0 radical (unpaired) electrons. The zero-order chi connectivity index (χ0) is 15.9. The summed E-state index contributed by atoms with van der Waals surface area (Å²) in [5.74, 6) is -1.20. The fourth-order valence-electron chi connectivity index (χ4n) is 3.05. The molecule has 0 amide bonds. The van der Waals surface area contributed by atoms with Crippen LogP contribution in [0.3, 0.4) is 0 Å². The first-order valence-electron chi connectivity index (χ1n) is 7.75. The first kappa shape index (κ1) is 16.5. The number of rotatable bonds is 5. The van der Waals surface area contributed by atoms with Crippen molar-refractivity contribution < 1.29 is 19.4 Å². The molecular weight excluding hydrogens is 282 g/mol. The highest BCUT2D eigenvalue weighted by atomic mass is 16.5. The van der Waals surface area contributed by atoms with Gasteiger partial charge in [-0.1, -0.05) is 31.4 Å². The maximum absolute atomic E-state index is 11.9. The molecule has 5 nitrogen and oxygen atoms in total. The quantitative estimate of drug-likeness (QED) is 0.646. The van der Waals surface area contributed by atoms with Crippen LogP contribution in [0.1, 0.15) is 48.0 Å². The van der Waals surface area contributed by atoms with E-state index in [4.69, 9.17) is 9.84 Å². The topological polar surface area (TPSA) is 75.6 Å². The van der Waals surface area contributed by atoms with E-state index in [1.165, 1.54) is 7.11 Å². The number of carboxylic acid groups (broad SMARTS) is 1. The SMILES string of the molecule is COC(=O)[C@@H]1CCCCC[C@@H]1NCc1cccc(C(=O)O)c1. The first-order valence-corrected chi connectivity index (χ1v) is 7.75. The summed E-state index contributed by atoms with van der Waals surface area (Å²) in [7, 11) is 1.43. The van der Waals surface area contributed by atoms with Gasteiger partial charge >= 0.3 is 11.9 Å². The molecule has 1 aliphatic rings. The van der Waals surface area contributed by atoms with Crippen molar-refractivity contribution in [2.75, 3.05) is 7.11 Å². The van der Waals surface area contributed by atoms with Gasteiger partial charge in [-0.3, -0.25) is 4.79 Å². The molecule has 0 aromatic heterocycles. The van der Waals surface area contributed by atoms with E-state index in [0.29, 0.717) is 6.54 Å². The number of carbonyl (C=O) groups excluding carboxylic acids is 1. The van der Waals surface area contributed by atoms with Gasteiger partial charge < -0.3 is 15.2 Å². The Bertz CT molecular complexity index is 529. The molecule has 0 heterocycles. The lowest BCUT2D eigenvalue weighted by atomic mass is 9.94.